The Morgan fingerprint density at radius 1 is 1.21 bits per heavy atom. The smallest absolute Gasteiger partial charge is 0.344 e. The minimum Gasteiger partial charge on any atom is -0.458 e. The zero-order valence-corrected chi connectivity index (χ0v) is 18.7. The second kappa shape index (κ2) is 7.55. The summed E-state index contributed by atoms with van der Waals surface area (Å²) in [7, 11) is -3.56. The lowest BCUT2D eigenvalue weighted by atomic mass is 9.86. The van der Waals surface area contributed by atoms with Crippen molar-refractivity contribution in [1.29, 1.82) is 0 Å². The summed E-state index contributed by atoms with van der Waals surface area (Å²) < 4.78 is 51.3. The largest absolute Gasteiger partial charge is 0.458 e. The summed E-state index contributed by atoms with van der Waals surface area (Å²) in [5.41, 5.74) is 0.391. The van der Waals surface area contributed by atoms with Crippen molar-refractivity contribution in [2.45, 2.75) is 45.4 Å². The average Bonchev–Trinajstić information content (AvgIpc) is 3.13. The van der Waals surface area contributed by atoms with E-state index < -0.39 is 37.0 Å². The van der Waals surface area contributed by atoms with Crippen molar-refractivity contribution in [3.8, 4) is 11.4 Å². The van der Waals surface area contributed by atoms with Crippen molar-refractivity contribution in [3.05, 3.63) is 62.4 Å². The summed E-state index contributed by atoms with van der Waals surface area (Å²) in [6, 6.07) is 3.67. The number of cyclic esters (lactones) is 1. The number of rotatable bonds is 4. The maximum absolute atomic E-state index is 14.0. The summed E-state index contributed by atoms with van der Waals surface area (Å²) in [5.74, 6) is -2.88. The Bertz CT molecular complexity index is 1450. The molecule has 0 amide bonds. The molecule has 4 heterocycles. The van der Waals surface area contributed by atoms with E-state index in [0.717, 1.165) is 17.7 Å². The third kappa shape index (κ3) is 3.01. The molecule has 33 heavy (non-hydrogen) atoms. The van der Waals surface area contributed by atoms with Gasteiger partial charge in [0.05, 0.1) is 29.0 Å². The number of hydrogen-bond acceptors (Lipinski definition) is 6. The number of halogens is 2. The first-order valence-electron chi connectivity index (χ1n) is 10.4. The number of ether oxygens (including phenoxy) is 1. The Balaban J connectivity index is 1.83. The number of carbonyl (C=O) groups excluding carboxylic acids is 1. The molecule has 2 aromatic heterocycles. The van der Waals surface area contributed by atoms with Gasteiger partial charge in [0.2, 0.25) is 0 Å². The molecule has 11 heteroatoms. The van der Waals surface area contributed by atoms with Crippen LogP contribution in [0.5, 0.6) is 0 Å². The summed E-state index contributed by atoms with van der Waals surface area (Å²) in [5, 5.41) is 0.462. The molecule has 1 unspecified atom stereocenters. The standard InChI is InChI=1S/C22H19F2N2O6P/c1-3-10-11-5-15(23)16(24)7-17(11)25-19-12(10)8-26-18(19)6-14-13(20(26)27)9-31-21(28)22(14,4-2)32-33(29)30/h5-7,33H,3-4,8-9H2,1-2H3,(H,29,30)/t22-/m0/s1. The van der Waals surface area contributed by atoms with E-state index in [9.17, 15) is 27.8 Å². The van der Waals surface area contributed by atoms with Crippen LogP contribution < -0.4 is 5.56 Å². The fraction of sp³-hybridized carbons (Fsp3) is 0.318. The first-order chi connectivity index (χ1) is 15.7. The van der Waals surface area contributed by atoms with Crippen molar-refractivity contribution in [2.24, 2.45) is 0 Å². The molecule has 8 nitrogen and oxygen atoms in total. The van der Waals surface area contributed by atoms with Crippen molar-refractivity contribution < 1.29 is 32.3 Å². The van der Waals surface area contributed by atoms with Gasteiger partial charge in [-0.2, -0.15) is 0 Å². The normalized spacial score (nSPS) is 19.7. The minimum atomic E-state index is -3.56. The zero-order valence-electron chi connectivity index (χ0n) is 17.7. The van der Waals surface area contributed by atoms with Gasteiger partial charge < -0.3 is 14.2 Å². The van der Waals surface area contributed by atoms with Crippen LogP contribution in [0.2, 0.25) is 0 Å². The Labute approximate surface area is 186 Å². The lowest BCUT2D eigenvalue weighted by Crippen LogP contribution is -2.45. The van der Waals surface area contributed by atoms with Crippen LogP contribution in [0.1, 0.15) is 42.5 Å². The molecule has 0 radical (unpaired) electrons. The van der Waals surface area contributed by atoms with Gasteiger partial charge in [0.25, 0.3) is 5.56 Å². The number of aryl methyl sites for hydroxylation is 1. The van der Waals surface area contributed by atoms with Crippen molar-refractivity contribution >= 4 is 25.1 Å². The van der Waals surface area contributed by atoms with Crippen LogP contribution in [0.3, 0.4) is 0 Å². The Morgan fingerprint density at radius 2 is 1.94 bits per heavy atom. The van der Waals surface area contributed by atoms with Gasteiger partial charge in [0.1, 0.15) is 6.61 Å². The maximum Gasteiger partial charge on any atom is 0.344 e. The second-order valence-corrected chi connectivity index (χ2v) is 8.73. The topological polar surface area (TPSA) is 108 Å². The number of hydrogen-bond donors (Lipinski definition) is 1. The number of carbonyl (C=O) groups is 1. The van der Waals surface area contributed by atoms with Crippen LogP contribution in [-0.2, 0) is 43.8 Å². The summed E-state index contributed by atoms with van der Waals surface area (Å²) in [6.07, 6.45) is 0.451. The highest BCUT2D eigenvalue weighted by molar-refractivity contribution is 7.32. The molecule has 0 spiro atoms. The molecular weight excluding hydrogens is 457 g/mol. The number of benzene rings is 1. The molecule has 0 saturated carbocycles. The maximum atomic E-state index is 14.0. The third-order valence-electron chi connectivity index (χ3n) is 6.43. The molecule has 0 bridgehead atoms. The molecule has 3 aromatic rings. The third-order valence-corrected chi connectivity index (χ3v) is 6.95. The number of nitrogens with zero attached hydrogens (tertiary/aromatic N) is 2. The first-order valence-corrected chi connectivity index (χ1v) is 11.6. The van der Waals surface area contributed by atoms with E-state index in [1.807, 2.05) is 6.92 Å². The van der Waals surface area contributed by atoms with E-state index in [2.05, 4.69) is 4.98 Å². The van der Waals surface area contributed by atoms with Crippen molar-refractivity contribution in [1.82, 2.24) is 9.55 Å². The predicted octanol–water partition coefficient (Wildman–Crippen LogP) is 3.33. The second-order valence-electron chi connectivity index (χ2n) is 7.99. The van der Waals surface area contributed by atoms with E-state index in [1.165, 1.54) is 4.57 Å². The lowest BCUT2D eigenvalue weighted by molar-refractivity contribution is -0.169. The summed E-state index contributed by atoms with van der Waals surface area (Å²) in [6.45, 7) is 3.31. The van der Waals surface area contributed by atoms with Gasteiger partial charge in [-0.3, -0.25) is 13.9 Å². The van der Waals surface area contributed by atoms with E-state index >= 15 is 0 Å². The molecule has 2 aliphatic rings. The highest BCUT2D eigenvalue weighted by Crippen LogP contribution is 2.45. The molecular formula is C22H19F2N2O6P. The quantitative estimate of drug-likeness (QED) is 0.356. The molecule has 2 aliphatic heterocycles. The first kappa shape index (κ1) is 21.9. The molecule has 2 atom stereocenters. The summed E-state index contributed by atoms with van der Waals surface area (Å²) >= 11 is 0. The van der Waals surface area contributed by atoms with Crippen LogP contribution >= 0.6 is 8.25 Å². The zero-order chi connectivity index (χ0) is 23.7. The number of fused-ring (bicyclic) bond motifs is 5. The van der Waals surface area contributed by atoms with Gasteiger partial charge in [-0.25, -0.2) is 18.6 Å². The van der Waals surface area contributed by atoms with E-state index in [4.69, 9.17) is 9.26 Å². The van der Waals surface area contributed by atoms with E-state index in [0.29, 0.717) is 28.8 Å². The highest BCUT2D eigenvalue weighted by Gasteiger charge is 2.49. The molecule has 5 rings (SSSR count). The van der Waals surface area contributed by atoms with Crippen LogP contribution in [-0.4, -0.2) is 20.4 Å². The van der Waals surface area contributed by atoms with Gasteiger partial charge in [-0.15, -0.1) is 0 Å². The summed E-state index contributed by atoms with van der Waals surface area (Å²) in [4.78, 5) is 40.0. The Hall–Kier alpha value is -2.94. The monoisotopic (exact) mass is 476 g/mol. The van der Waals surface area contributed by atoms with E-state index in [-0.39, 0.29) is 36.2 Å². The molecule has 0 aliphatic carbocycles. The van der Waals surface area contributed by atoms with Crippen LogP contribution in [0.25, 0.3) is 22.3 Å². The number of pyridine rings is 2. The average molecular weight is 476 g/mol. The minimum absolute atomic E-state index is 0.0403. The van der Waals surface area contributed by atoms with Gasteiger partial charge >= 0.3 is 14.2 Å². The van der Waals surface area contributed by atoms with E-state index in [1.54, 1.807) is 13.0 Å². The number of aromatic nitrogens is 2. The van der Waals surface area contributed by atoms with Crippen LogP contribution in [0, 0.1) is 11.6 Å². The van der Waals surface area contributed by atoms with Crippen molar-refractivity contribution in [2.75, 3.05) is 0 Å². The predicted molar refractivity (Wildman–Crippen MR) is 114 cm³/mol. The Kier molecular flexibility index (Phi) is 5.00. The van der Waals surface area contributed by atoms with Crippen LogP contribution in [0.4, 0.5) is 8.78 Å². The Morgan fingerprint density at radius 3 is 2.61 bits per heavy atom. The van der Waals surface area contributed by atoms with Gasteiger partial charge in [0, 0.05) is 22.6 Å². The molecule has 0 fully saturated rings. The van der Waals surface area contributed by atoms with Gasteiger partial charge in [-0.1, -0.05) is 13.8 Å². The van der Waals surface area contributed by atoms with Crippen molar-refractivity contribution in [3.63, 3.8) is 0 Å². The highest BCUT2D eigenvalue weighted by atomic mass is 31.1. The fourth-order valence-electron chi connectivity index (χ4n) is 4.87. The fourth-order valence-corrected chi connectivity index (χ4v) is 5.50. The number of esters is 1. The SMILES string of the molecule is CCc1c2c(nc3cc(F)c(F)cc13)-c1cc3c(c(=O)n1C2)COC(=O)[C@@]3(CC)O[PH](=O)O. The lowest BCUT2D eigenvalue weighted by Gasteiger charge is -2.34. The molecule has 0 saturated heterocycles. The van der Waals surface area contributed by atoms with Crippen LogP contribution in [0.15, 0.2) is 23.0 Å². The van der Waals surface area contributed by atoms with Gasteiger partial charge in [0.15, 0.2) is 17.2 Å². The molecule has 172 valence electrons. The molecule has 1 aromatic carbocycles. The van der Waals surface area contributed by atoms with Gasteiger partial charge in [-0.05, 0) is 30.5 Å². The molecule has 1 N–H and O–H groups in total.